The Morgan fingerprint density at radius 2 is 2.00 bits per heavy atom. The Bertz CT molecular complexity index is 365. The fourth-order valence-electron chi connectivity index (χ4n) is 2.47. The fourth-order valence-corrected chi connectivity index (χ4v) is 2.79. The van der Waals surface area contributed by atoms with E-state index in [1.54, 1.807) is 0 Å². The molecule has 1 aliphatic carbocycles. The molecule has 88 valence electrons. The Balaban J connectivity index is 1.91. The molecule has 1 saturated carbocycles. The van der Waals surface area contributed by atoms with Crippen LogP contribution in [-0.4, -0.2) is 6.04 Å². The topological polar surface area (TPSA) is 26.0 Å². The third-order valence-corrected chi connectivity index (χ3v) is 4.24. The third-order valence-electron chi connectivity index (χ3n) is 3.51. The largest absolute Gasteiger partial charge is 0.327 e. The third kappa shape index (κ3) is 2.91. The van der Waals surface area contributed by atoms with E-state index >= 15 is 0 Å². The monoisotopic (exact) mass is 257 g/mol. The molecule has 1 fully saturated rings. The van der Waals surface area contributed by atoms with E-state index in [1.807, 2.05) is 12.1 Å². The van der Waals surface area contributed by atoms with Gasteiger partial charge in [-0.2, -0.15) is 0 Å². The summed E-state index contributed by atoms with van der Waals surface area (Å²) in [6, 6.07) is 6.29. The van der Waals surface area contributed by atoms with Crippen LogP contribution in [0.4, 0.5) is 0 Å². The SMILES string of the molecule is NC1CCCC1CCc1ccc(Cl)c(Cl)c1. The van der Waals surface area contributed by atoms with Crippen molar-refractivity contribution in [2.45, 2.75) is 38.1 Å². The van der Waals surface area contributed by atoms with Crippen LogP contribution in [0.15, 0.2) is 18.2 Å². The molecule has 1 aromatic rings. The second-order valence-corrected chi connectivity index (χ2v) is 5.46. The van der Waals surface area contributed by atoms with Crippen molar-refractivity contribution in [3.05, 3.63) is 33.8 Å². The number of hydrogen-bond donors (Lipinski definition) is 1. The van der Waals surface area contributed by atoms with Crippen molar-refractivity contribution in [3.63, 3.8) is 0 Å². The molecule has 0 heterocycles. The van der Waals surface area contributed by atoms with Gasteiger partial charge in [-0.15, -0.1) is 0 Å². The summed E-state index contributed by atoms with van der Waals surface area (Å²) in [4.78, 5) is 0. The maximum absolute atomic E-state index is 6.05. The van der Waals surface area contributed by atoms with Gasteiger partial charge in [-0.25, -0.2) is 0 Å². The van der Waals surface area contributed by atoms with Gasteiger partial charge in [0.15, 0.2) is 0 Å². The molecule has 0 saturated heterocycles. The standard InChI is InChI=1S/C13H17Cl2N/c14-11-7-5-9(8-12(11)15)4-6-10-2-1-3-13(10)16/h5,7-8,10,13H,1-4,6,16H2. The summed E-state index contributed by atoms with van der Waals surface area (Å²) in [5, 5.41) is 1.28. The predicted molar refractivity (Wildman–Crippen MR) is 70.1 cm³/mol. The lowest BCUT2D eigenvalue weighted by atomic mass is 9.95. The van der Waals surface area contributed by atoms with E-state index < -0.39 is 0 Å². The molecular weight excluding hydrogens is 241 g/mol. The number of nitrogens with two attached hydrogens (primary N) is 1. The first-order chi connectivity index (χ1) is 7.66. The quantitative estimate of drug-likeness (QED) is 0.869. The zero-order valence-electron chi connectivity index (χ0n) is 9.26. The first-order valence-electron chi connectivity index (χ1n) is 5.86. The van der Waals surface area contributed by atoms with Gasteiger partial charge < -0.3 is 5.73 Å². The average Bonchev–Trinajstić information content (AvgIpc) is 2.66. The molecule has 0 radical (unpaired) electrons. The maximum Gasteiger partial charge on any atom is 0.0595 e. The van der Waals surface area contributed by atoms with Crippen LogP contribution < -0.4 is 5.73 Å². The van der Waals surface area contributed by atoms with Crippen LogP contribution >= 0.6 is 23.2 Å². The Morgan fingerprint density at radius 1 is 1.19 bits per heavy atom. The van der Waals surface area contributed by atoms with Crippen molar-refractivity contribution in [2.24, 2.45) is 11.7 Å². The summed E-state index contributed by atoms with van der Waals surface area (Å²) >= 11 is 11.9. The van der Waals surface area contributed by atoms with Crippen molar-refractivity contribution in [3.8, 4) is 0 Å². The van der Waals surface area contributed by atoms with Gasteiger partial charge in [0.1, 0.15) is 0 Å². The molecular formula is C13H17Cl2N. The number of aryl methyl sites for hydroxylation is 1. The molecule has 1 aliphatic rings. The van der Waals surface area contributed by atoms with E-state index in [4.69, 9.17) is 28.9 Å². The van der Waals surface area contributed by atoms with E-state index in [2.05, 4.69) is 6.07 Å². The molecule has 0 amide bonds. The molecule has 0 bridgehead atoms. The summed E-state index contributed by atoms with van der Waals surface area (Å²) in [6.07, 6.45) is 5.97. The summed E-state index contributed by atoms with van der Waals surface area (Å²) in [5.41, 5.74) is 7.31. The van der Waals surface area contributed by atoms with Crippen molar-refractivity contribution in [1.29, 1.82) is 0 Å². The van der Waals surface area contributed by atoms with Crippen LogP contribution in [0.2, 0.25) is 10.0 Å². The molecule has 2 rings (SSSR count). The summed E-state index contributed by atoms with van der Waals surface area (Å²) in [6.45, 7) is 0. The van der Waals surface area contributed by atoms with Crippen LogP contribution in [-0.2, 0) is 6.42 Å². The molecule has 1 aromatic carbocycles. The molecule has 0 spiro atoms. The first-order valence-corrected chi connectivity index (χ1v) is 6.62. The number of hydrogen-bond acceptors (Lipinski definition) is 1. The van der Waals surface area contributed by atoms with Crippen molar-refractivity contribution in [1.82, 2.24) is 0 Å². The van der Waals surface area contributed by atoms with Crippen LogP contribution in [0.5, 0.6) is 0 Å². The van der Waals surface area contributed by atoms with E-state index in [-0.39, 0.29) is 0 Å². The Hall–Kier alpha value is -0.240. The van der Waals surface area contributed by atoms with Gasteiger partial charge in [-0.1, -0.05) is 35.7 Å². The molecule has 2 unspecified atom stereocenters. The van der Waals surface area contributed by atoms with E-state index in [0.29, 0.717) is 22.0 Å². The summed E-state index contributed by atoms with van der Waals surface area (Å²) in [7, 11) is 0. The average molecular weight is 258 g/mol. The molecule has 3 heteroatoms. The van der Waals surface area contributed by atoms with Crippen LogP contribution in [0, 0.1) is 5.92 Å². The van der Waals surface area contributed by atoms with Gasteiger partial charge in [-0.3, -0.25) is 0 Å². The molecule has 16 heavy (non-hydrogen) atoms. The van der Waals surface area contributed by atoms with E-state index in [9.17, 15) is 0 Å². The molecule has 0 aromatic heterocycles. The Morgan fingerprint density at radius 3 is 2.62 bits per heavy atom. The highest BCUT2D eigenvalue weighted by Gasteiger charge is 2.23. The number of rotatable bonds is 3. The number of halogens is 2. The van der Waals surface area contributed by atoms with E-state index in [1.165, 1.54) is 31.2 Å². The van der Waals surface area contributed by atoms with Gasteiger partial charge >= 0.3 is 0 Å². The predicted octanol–water partition coefficient (Wildman–Crippen LogP) is 4.05. The normalized spacial score (nSPS) is 24.9. The molecule has 2 N–H and O–H groups in total. The molecule has 2 atom stereocenters. The lowest BCUT2D eigenvalue weighted by Crippen LogP contribution is -2.24. The zero-order valence-corrected chi connectivity index (χ0v) is 10.8. The van der Waals surface area contributed by atoms with Gasteiger partial charge in [0, 0.05) is 6.04 Å². The van der Waals surface area contributed by atoms with Gasteiger partial charge in [0.05, 0.1) is 10.0 Å². The molecule has 1 nitrogen and oxygen atoms in total. The van der Waals surface area contributed by atoms with Gasteiger partial charge in [0.2, 0.25) is 0 Å². The van der Waals surface area contributed by atoms with Crippen LogP contribution in [0.3, 0.4) is 0 Å². The highest BCUT2D eigenvalue weighted by atomic mass is 35.5. The van der Waals surface area contributed by atoms with Crippen molar-refractivity contribution in [2.75, 3.05) is 0 Å². The van der Waals surface area contributed by atoms with Crippen LogP contribution in [0.1, 0.15) is 31.2 Å². The second-order valence-electron chi connectivity index (χ2n) is 4.64. The Kier molecular flexibility index (Phi) is 4.12. The minimum Gasteiger partial charge on any atom is -0.327 e. The van der Waals surface area contributed by atoms with Crippen molar-refractivity contribution < 1.29 is 0 Å². The van der Waals surface area contributed by atoms with Crippen molar-refractivity contribution >= 4 is 23.2 Å². The highest BCUT2D eigenvalue weighted by molar-refractivity contribution is 6.42. The lowest BCUT2D eigenvalue weighted by molar-refractivity contribution is 0.447. The van der Waals surface area contributed by atoms with Gasteiger partial charge in [0.25, 0.3) is 0 Å². The fraction of sp³-hybridized carbons (Fsp3) is 0.538. The molecule has 0 aliphatic heterocycles. The lowest BCUT2D eigenvalue weighted by Gasteiger charge is -2.14. The smallest absolute Gasteiger partial charge is 0.0595 e. The number of benzene rings is 1. The van der Waals surface area contributed by atoms with Crippen LogP contribution in [0.25, 0.3) is 0 Å². The van der Waals surface area contributed by atoms with Gasteiger partial charge in [-0.05, 0) is 49.3 Å². The zero-order chi connectivity index (χ0) is 11.5. The summed E-state index contributed by atoms with van der Waals surface area (Å²) < 4.78 is 0. The van der Waals surface area contributed by atoms with E-state index in [0.717, 1.165) is 6.42 Å². The minimum atomic E-state index is 0.405. The highest BCUT2D eigenvalue weighted by Crippen LogP contribution is 2.29. The first kappa shape index (κ1) is 12.2. The minimum absolute atomic E-state index is 0.405. The summed E-state index contributed by atoms with van der Waals surface area (Å²) in [5.74, 6) is 0.689. The second kappa shape index (κ2) is 5.39. The maximum atomic E-state index is 6.05. The Labute approximate surface area is 107 Å².